The van der Waals surface area contributed by atoms with E-state index >= 15 is 0 Å². The Morgan fingerprint density at radius 1 is 1.44 bits per heavy atom. The summed E-state index contributed by atoms with van der Waals surface area (Å²) in [4.78, 5) is 10.5. The minimum atomic E-state index is -0.341. The normalized spacial score (nSPS) is 17.2. The average molecular weight is 250 g/mol. The summed E-state index contributed by atoms with van der Waals surface area (Å²) in [5.74, 6) is 0. The van der Waals surface area contributed by atoms with E-state index in [9.17, 15) is 10.1 Å². The van der Waals surface area contributed by atoms with Gasteiger partial charge < -0.3 is 10.1 Å². The number of methoxy groups -OCH3 is 1. The molecule has 5 nitrogen and oxygen atoms in total. The number of rotatable bonds is 6. The minimum Gasteiger partial charge on any atom is -0.377 e. The zero-order valence-electron chi connectivity index (χ0n) is 10.5. The number of benzene rings is 1. The molecule has 0 aliphatic heterocycles. The van der Waals surface area contributed by atoms with Gasteiger partial charge in [0.2, 0.25) is 0 Å². The summed E-state index contributed by atoms with van der Waals surface area (Å²) in [7, 11) is 1.73. The minimum absolute atomic E-state index is 0.0520. The number of hydrogen-bond acceptors (Lipinski definition) is 4. The number of nitrogens with zero attached hydrogens (tertiary/aromatic N) is 1. The first kappa shape index (κ1) is 13.0. The number of ether oxygens (including phenoxy) is 1. The molecule has 0 radical (unpaired) electrons. The zero-order valence-corrected chi connectivity index (χ0v) is 10.5. The van der Waals surface area contributed by atoms with E-state index < -0.39 is 0 Å². The molecule has 18 heavy (non-hydrogen) atoms. The molecule has 1 saturated carbocycles. The van der Waals surface area contributed by atoms with E-state index in [1.807, 2.05) is 6.07 Å². The fourth-order valence-corrected chi connectivity index (χ4v) is 2.29. The second-order valence-corrected chi connectivity index (χ2v) is 4.73. The van der Waals surface area contributed by atoms with Crippen LogP contribution in [-0.2, 0) is 11.3 Å². The Bertz CT molecular complexity index is 424. The highest BCUT2D eigenvalue weighted by atomic mass is 16.6. The fourth-order valence-electron chi connectivity index (χ4n) is 2.29. The third-order valence-electron chi connectivity index (χ3n) is 3.65. The van der Waals surface area contributed by atoms with Gasteiger partial charge in [0, 0.05) is 31.8 Å². The van der Waals surface area contributed by atoms with Crippen LogP contribution in [0.15, 0.2) is 24.3 Å². The van der Waals surface area contributed by atoms with Gasteiger partial charge in [0.05, 0.1) is 10.5 Å². The van der Waals surface area contributed by atoms with Crippen LogP contribution in [0.1, 0.15) is 24.8 Å². The molecule has 1 N–H and O–H groups in total. The van der Waals surface area contributed by atoms with Crippen molar-refractivity contribution in [1.82, 2.24) is 5.32 Å². The SMILES string of the molecule is COC1(CNCc2ccccc2[N+](=O)[O-])CCC1. The average Bonchev–Trinajstić information content (AvgIpc) is 2.33. The lowest BCUT2D eigenvalue weighted by Crippen LogP contribution is -2.47. The molecule has 0 heterocycles. The molecular formula is C13H18N2O3. The lowest BCUT2D eigenvalue weighted by molar-refractivity contribution is -0.385. The summed E-state index contributed by atoms with van der Waals surface area (Å²) in [5, 5.41) is 14.1. The van der Waals surface area contributed by atoms with Gasteiger partial charge in [0.15, 0.2) is 0 Å². The summed E-state index contributed by atoms with van der Waals surface area (Å²) in [6, 6.07) is 6.82. The second-order valence-electron chi connectivity index (χ2n) is 4.73. The first-order valence-corrected chi connectivity index (χ1v) is 6.15. The monoisotopic (exact) mass is 250 g/mol. The van der Waals surface area contributed by atoms with Gasteiger partial charge in [-0.05, 0) is 19.3 Å². The Kier molecular flexibility index (Phi) is 3.93. The maximum Gasteiger partial charge on any atom is 0.273 e. The van der Waals surface area contributed by atoms with Crippen LogP contribution in [0.25, 0.3) is 0 Å². The van der Waals surface area contributed by atoms with E-state index in [-0.39, 0.29) is 16.2 Å². The number of nitro benzene ring substituents is 1. The Morgan fingerprint density at radius 2 is 2.17 bits per heavy atom. The van der Waals surface area contributed by atoms with E-state index in [0.29, 0.717) is 12.1 Å². The molecule has 1 aliphatic rings. The molecule has 0 unspecified atom stereocenters. The van der Waals surface area contributed by atoms with Crippen molar-refractivity contribution in [2.45, 2.75) is 31.4 Å². The van der Waals surface area contributed by atoms with Crippen LogP contribution in [0.4, 0.5) is 5.69 Å². The van der Waals surface area contributed by atoms with Gasteiger partial charge in [-0.1, -0.05) is 18.2 Å². The van der Waals surface area contributed by atoms with Gasteiger partial charge in [-0.3, -0.25) is 10.1 Å². The molecule has 1 aromatic rings. The van der Waals surface area contributed by atoms with Crippen molar-refractivity contribution in [3.8, 4) is 0 Å². The molecule has 5 heteroatoms. The first-order valence-electron chi connectivity index (χ1n) is 6.15. The molecule has 0 atom stereocenters. The van der Waals surface area contributed by atoms with Crippen molar-refractivity contribution >= 4 is 5.69 Å². The van der Waals surface area contributed by atoms with Gasteiger partial charge in [0.1, 0.15) is 0 Å². The number of para-hydroxylation sites is 1. The van der Waals surface area contributed by atoms with Gasteiger partial charge >= 0.3 is 0 Å². The highest BCUT2D eigenvalue weighted by Gasteiger charge is 2.36. The lowest BCUT2D eigenvalue weighted by atomic mass is 9.80. The Labute approximate surface area is 106 Å². The third-order valence-corrected chi connectivity index (χ3v) is 3.65. The topological polar surface area (TPSA) is 64.4 Å². The third kappa shape index (κ3) is 2.68. The van der Waals surface area contributed by atoms with E-state index in [1.165, 1.54) is 12.5 Å². The molecular weight excluding hydrogens is 232 g/mol. The van der Waals surface area contributed by atoms with Crippen LogP contribution in [0, 0.1) is 10.1 Å². The summed E-state index contributed by atoms with van der Waals surface area (Å²) < 4.78 is 5.49. The molecule has 1 aliphatic carbocycles. The molecule has 98 valence electrons. The zero-order chi connectivity index (χ0) is 13.0. The van der Waals surface area contributed by atoms with Crippen molar-refractivity contribution in [3.05, 3.63) is 39.9 Å². The van der Waals surface area contributed by atoms with E-state index in [2.05, 4.69) is 5.32 Å². The maximum absolute atomic E-state index is 10.9. The van der Waals surface area contributed by atoms with E-state index in [0.717, 1.165) is 19.4 Å². The lowest BCUT2D eigenvalue weighted by Gasteiger charge is -2.40. The van der Waals surface area contributed by atoms with Crippen LogP contribution in [0.2, 0.25) is 0 Å². The number of hydrogen-bond donors (Lipinski definition) is 1. The molecule has 0 aromatic heterocycles. The standard InChI is InChI=1S/C13H18N2O3/c1-18-13(7-4-8-13)10-14-9-11-5-2-3-6-12(11)15(16)17/h2-3,5-6,14H,4,7-10H2,1H3. The predicted molar refractivity (Wildman–Crippen MR) is 68.4 cm³/mol. The summed E-state index contributed by atoms with van der Waals surface area (Å²) in [6.45, 7) is 1.25. The molecule has 1 fully saturated rings. The fraction of sp³-hybridized carbons (Fsp3) is 0.538. The van der Waals surface area contributed by atoms with Crippen LogP contribution < -0.4 is 5.32 Å². The largest absolute Gasteiger partial charge is 0.377 e. The second kappa shape index (κ2) is 5.46. The van der Waals surface area contributed by atoms with E-state index in [1.54, 1.807) is 19.2 Å². The van der Waals surface area contributed by atoms with Crippen molar-refractivity contribution < 1.29 is 9.66 Å². The van der Waals surface area contributed by atoms with Gasteiger partial charge in [0.25, 0.3) is 5.69 Å². The van der Waals surface area contributed by atoms with Crippen LogP contribution >= 0.6 is 0 Å². The van der Waals surface area contributed by atoms with E-state index in [4.69, 9.17) is 4.74 Å². The summed E-state index contributed by atoms with van der Waals surface area (Å²) in [6.07, 6.45) is 3.32. The molecule has 0 spiro atoms. The smallest absolute Gasteiger partial charge is 0.273 e. The van der Waals surface area contributed by atoms with Crippen molar-refractivity contribution in [2.24, 2.45) is 0 Å². The highest BCUT2D eigenvalue weighted by molar-refractivity contribution is 5.39. The molecule has 0 bridgehead atoms. The molecule has 2 rings (SSSR count). The van der Waals surface area contributed by atoms with Crippen LogP contribution in [0.5, 0.6) is 0 Å². The quantitative estimate of drug-likeness (QED) is 0.621. The van der Waals surface area contributed by atoms with Crippen molar-refractivity contribution in [3.63, 3.8) is 0 Å². The molecule has 0 saturated heterocycles. The molecule has 1 aromatic carbocycles. The van der Waals surface area contributed by atoms with Crippen molar-refractivity contribution in [2.75, 3.05) is 13.7 Å². The van der Waals surface area contributed by atoms with Crippen LogP contribution in [-0.4, -0.2) is 24.2 Å². The van der Waals surface area contributed by atoms with Crippen molar-refractivity contribution in [1.29, 1.82) is 0 Å². The number of nitro groups is 1. The predicted octanol–water partition coefficient (Wildman–Crippen LogP) is 2.25. The van der Waals surface area contributed by atoms with Gasteiger partial charge in [-0.2, -0.15) is 0 Å². The molecule has 0 amide bonds. The first-order chi connectivity index (χ1) is 8.67. The maximum atomic E-state index is 10.9. The number of nitrogens with one attached hydrogen (secondary N) is 1. The Morgan fingerprint density at radius 3 is 2.72 bits per heavy atom. The summed E-state index contributed by atoms with van der Waals surface area (Å²) >= 11 is 0. The highest BCUT2D eigenvalue weighted by Crippen LogP contribution is 2.34. The Hall–Kier alpha value is -1.46. The van der Waals surface area contributed by atoms with Crippen LogP contribution in [0.3, 0.4) is 0 Å². The van der Waals surface area contributed by atoms with Gasteiger partial charge in [-0.25, -0.2) is 0 Å². The summed E-state index contributed by atoms with van der Waals surface area (Å²) in [5.41, 5.74) is 0.835. The van der Waals surface area contributed by atoms with Gasteiger partial charge in [-0.15, -0.1) is 0 Å². The Balaban J connectivity index is 1.92.